The Kier molecular flexibility index (Phi) is 12.2. The molecule has 0 aliphatic rings. The van der Waals surface area contributed by atoms with Gasteiger partial charge in [0.1, 0.15) is 11.8 Å². The molecule has 1 aromatic heterocycles. The zero-order chi connectivity index (χ0) is 19.6. The number of pyridine rings is 1. The number of benzene rings is 2. The zero-order valence-electron chi connectivity index (χ0n) is 16.8. The first-order valence-electron chi connectivity index (χ1n) is 9.48. The largest absolute Gasteiger partial charge is 0.490 e. The fraction of sp³-hybridized carbons (Fsp3) is 0.261. The van der Waals surface area contributed by atoms with Gasteiger partial charge in [-0.3, -0.25) is 0 Å². The number of aromatic nitrogens is 1. The molecule has 0 spiro atoms. The van der Waals surface area contributed by atoms with Crippen LogP contribution in [-0.4, -0.2) is 18.1 Å². The molecule has 4 nitrogen and oxygen atoms in total. The lowest BCUT2D eigenvalue weighted by Gasteiger charge is -2.14. The highest BCUT2D eigenvalue weighted by molar-refractivity contribution is 6.29. The third kappa shape index (κ3) is 8.41. The average molecular weight is 470 g/mol. The van der Waals surface area contributed by atoms with Gasteiger partial charge in [0.25, 0.3) is 0 Å². The molecule has 3 rings (SSSR count). The molecule has 0 saturated heterocycles. The number of halogens is 3. The lowest BCUT2D eigenvalue weighted by Crippen LogP contribution is -2.16. The van der Waals surface area contributed by atoms with Crippen LogP contribution in [-0.2, 0) is 19.6 Å². The van der Waals surface area contributed by atoms with Gasteiger partial charge in [0.2, 0.25) is 0 Å². The Hall–Kier alpha value is -1.98. The summed E-state index contributed by atoms with van der Waals surface area (Å²) in [7, 11) is 0. The fourth-order valence-corrected chi connectivity index (χ4v) is 2.92. The van der Waals surface area contributed by atoms with Crippen LogP contribution in [0.15, 0.2) is 66.9 Å². The average Bonchev–Trinajstić information content (AvgIpc) is 2.73. The van der Waals surface area contributed by atoms with Gasteiger partial charge < -0.3 is 14.8 Å². The summed E-state index contributed by atoms with van der Waals surface area (Å²) in [5.41, 5.74) is 3.46. The number of nitrogens with zero attached hydrogens (tertiary/aromatic N) is 1. The standard InChI is InChI=1S/C23H25ClN2O2.2ClH/c1-2-27-22-14-19(15-25-13-12-18-6-4-3-5-7-18)8-10-21(22)28-17-20-9-11-23(24)26-16-20;;/h3-11,14,16,25H,2,12-13,15,17H2,1H3;2*1H. The Morgan fingerprint density at radius 2 is 1.63 bits per heavy atom. The van der Waals surface area contributed by atoms with Crippen molar-refractivity contribution in [2.75, 3.05) is 13.2 Å². The van der Waals surface area contributed by atoms with E-state index in [2.05, 4.69) is 40.6 Å². The van der Waals surface area contributed by atoms with Crippen molar-refractivity contribution in [3.8, 4) is 11.5 Å². The summed E-state index contributed by atoms with van der Waals surface area (Å²) < 4.78 is 11.7. The molecule has 0 aliphatic heterocycles. The Balaban J connectivity index is 0.00000225. The van der Waals surface area contributed by atoms with E-state index in [9.17, 15) is 0 Å². The third-order valence-corrected chi connectivity index (χ3v) is 4.48. The second-order valence-corrected chi connectivity index (χ2v) is 6.79. The highest BCUT2D eigenvalue weighted by Crippen LogP contribution is 2.29. The van der Waals surface area contributed by atoms with Gasteiger partial charge in [-0.15, -0.1) is 24.8 Å². The summed E-state index contributed by atoms with van der Waals surface area (Å²) in [6.07, 6.45) is 2.73. The number of hydrogen-bond acceptors (Lipinski definition) is 4. The van der Waals surface area contributed by atoms with E-state index in [1.165, 1.54) is 5.56 Å². The minimum atomic E-state index is 0. The number of rotatable bonds is 10. The molecule has 0 unspecified atom stereocenters. The summed E-state index contributed by atoms with van der Waals surface area (Å²) in [5, 5.41) is 3.96. The maximum Gasteiger partial charge on any atom is 0.161 e. The van der Waals surface area contributed by atoms with Crippen molar-refractivity contribution < 1.29 is 9.47 Å². The molecule has 3 aromatic rings. The van der Waals surface area contributed by atoms with Gasteiger partial charge in [0.05, 0.1) is 6.61 Å². The van der Waals surface area contributed by atoms with E-state index < -0.39 is 0 Å². The summed E-state index contributed by atoms with van der Waals surface area (Å²) in [6, 6.07) is 20.2. The van der Waals surface area contributed by atoms with E-state index in [-0.39, 0.29) is 24.8 Å². The highest BCUT2D eigenvalue weighted by atomic mass is 35.5. The predicted molar refractivity (Wildman–Crippen MR) is 128 cm³/mol. The third-order valence-electron chi connectivity index (χ3n) is 4.25. The molecule has 30 heavy (non-hydrogen) atoms. The van der Waals surface area contributed by atoms with Gasteiger partial charge in [-0.1, -0.05) is 54.1 Å². The first-order chi connectivity index (χ1) is 13.7. The lowest BCUT2D eigenvalue weighted by atomic mass is 10.1. The van der Waals surface area contributed by atoms with Crippen LogP contribution >= 0.6 is 36.4 Å². The fourth-order valence-electron chi connectivity index (χ4n) is 2.81. The van der Waals surface area contributed by atoms with Gasteiger partial charge in [-0.05, 0) is 49.2 Å². The Labute approximate surface area is 195 Å². The summed E-state index contributed by atoms with van der Waals surface area (Å²) >= 11 is 5.82. The van der Waals surface area contributed by atoms with Gasteiger partial charge in [-0.2, -0.15) is 0 Å². The van der Waals surface area contributed by atoms with Crippen LogP contribution in [0.2, 0.25) is 5.15 Å². The second-order valence-electron chi connectivity index (χ2n) is 6.40. The summed E-state index contributed by atoms with van der Waals surface area (Å²) in [5.74, 6) is 1.48. The maximum absolute atomic E-state index is 5.93. The molecule has 0 amide bonds. The number of nitrogens with one attached hydrogen (secondary N) is 1. The van der Waals surface area contributed by atoms with Crippen LogP contribution in [0.25, 0.3) is 0 Å². The minimum Gasteiger partial charge on any atom is -0.490 e. The molecule has 0 saturated carbocycles. The van der Waals surface area contributed by atoms with Gasteiger partial charge in [-0.25, -0.2) is 4.98 Å². The molecule has 2 aromatic carbocycles. The molecule has 0 radical (unpaired) electrons. The van der Waals surface area contributed by atoms with Crippen molar-refractivity contribution in [3.63, 3.8) is 0 Å². The number of ether oxygens (including phenoxy) is 2. The van der Waals surface area contributed by atoms with Gasteiger partial charge >= 0.3 is 0 Å². The zero-order valence-corrected chi connectivity index (χ0v) is 19.2. The van der Waals surface area contributed by atoms with E-state index in [0.29, 0.717) is 18.4 Å². The van der Waals surface area contributed by atoms with E-state index in [1.807, 2.05) is 31.2 Å². The van der Waals surface area contributed by atoms with E-state index >= 15 is 0 Å². The molecule has 0 fully saturated rings. The van der Waals surface area contributed by atoms with Crippen LogP contribution in [0, 0.1) is 0 Å². The van der Waals surface area contributed by atoms with E-state index in [4.69, 9.17) is 21.1 Å². The molecule has 1 N–H and O–H groups in total. The van der Waals surface area contributed by atoms with Gasteiger partial charge in [0, 0.05) is 18.3 Å². The minimum absolute atomic E-state index is 0. The summed E-state index contributed by atoms with van der Waals surface area (Å²) in [4.78, 5) is 4.07. The van der Waals surface area contributed by atoms with Crippen LogP contribution in [0.3, 0.4) is 0 Å². The SMILES string of the molecule is CCOc1cc(CNCCc2ccccc2)ccc1OCc1ccc(Cl)nc1.Cl.Cl. The second kappa shape index (κ2) is 14.1. The smallest absolute Gasteiger partial charge is 0.161 e. The van der Waals surface area contributed by atoms with Crippen molar-refractivity contribution in [3.05, 3.63) is 88.7 Å². The monoisotopic (exact) mass is 468 g/mol. The quantitative estimate of drug-likeness (QED) is 0.297. The van der Waals surface area contributed by atoms with Gasteiger partial charge in [0.15, 0.2) is 11.5 Å². The molecule has 1 heterocycles. The van der Waals surface area contributed by atoms with Crippen molar-refractivity contribution >= 4 is 36.4 Å². The Morgan fingerprint density at radius 3 is 2.33 bits per heavy atom. The number of hydrogen-bond donors (Lipinski definition) is 1. The molecular formula is C23H27Cl3N2O2. The van der Waals surface area contributed by atoms with Crippen molar-refractivity contribution in [2.24, 2.45) is 0 Å². The molecule has 7 heteroatoms. The molecule has 0 bridgehead atoms. The van der Waals surface area contributed by atoms with Crippen molar-refractivity contribution in [1.29, 1.82) is 0 Å². The summed E-state index contributed by atoms with van der Waals surface area (Å²) in [6.45, 7) is 4.68. The van der Waals surface area contributed by atoms with E-state index in [1.54, 1.807) is 12.3 Å². The molecular weight excluding hydrogens is 443 g/mol. The lowest BCUT2D eigenvalue weighted by molar-refractivity contribution is 0.269. The maximum atomic E-state index is 5.93. The molecule has 0 atom stereocenters. The van der Waals surface area contributed by atoms with Crippen molar-refractivity contribution in [2.45, 2.75) is 26.5 Å². The Bertz CT molecular complexity index is 862. The van der Waals surface area contributed by atoms with Crippen molar-refractivity contribution in [1.82, 2.24) is 10.3 Å². The van der Waals surface area contributed by atoms with Crippen LogP contribution in [0.1, 0.15) is 23.6 Å². The predicted octanol–water partition coefficient (Wildman–Crippen LogP) is 5.89. The molecule has 162 valence electrons. The van der Waals surface area contributed by atoms with Crippen LogP contribution in [0.5, 0.6) is 11.5 Å². The topological polar surface area (TPSA) is 43.4 Å². The first-order valence-corrected chi connectivity index (χ1v) is 9.86. The normalized spacial score (nSPS) is 9.93. The van der Waals surface area contributed by atoms with Crippen LogP contribution in [0.4, 0.5) is 0 Å². The highest BCUT2D eigenvalue weighted by Gasteiger charge is 2.07. The van der Waals surface area contributed by atoms with Crippen LogP contribution < -0.4 is 14.8 Å². The van der Waals surface area contributed by atoms with E-state index in [0.717, 1.165) is 42.1 Å². The Morgan fingerprint density at radius 1 is 0.867 bits per heavy atom. The first kappa shape index (κ1) is 26.1. The molecule has 0 aliphatic carbocycles.